The van der Waals surface area contributed by atoms with Crippen LogP contribution in [-0.2, 0) is 0 Å². The number of aromatic nitrogens is 1. The molecule has 1 aliphatic carbocycles. The van der Waals surface area contributed by atoms with Crippen LogP contribution in [0.4, 0.5) is 0 Å². The molecule has 2 rings (SSSR count). The van der Waals surface area contributed by atoms with Gasteiger partial charge in [0.25, 0.3) is 5.91 Å². The predicted molar refractivity (Wildman–Crippen MR) is 63.6 cm³/mol. The van der Waals surface area contributed by atoms with E-state index >= 15 is 0 Å². The third-order valence-corrected chi connectivity index (χ3v) is 2.88. The molecule has 1 amide bonds. The first kappa shape index (κ1) is 11.9. The molecule has 0 spiro atoms. The lowest BCUT2D eigenvalue weighted by molar-refractivity contribution is 0.0739. The summed E-state index contributed by atoms with van der Waals surface area (Å²) in [4.78, 5) is 17.8. The summed E-state index contributed by atoms with van der Waals surface area (Å²) in [6.07, 6.45) is 5.68. The molecule has 17 heavy (non-hydrogen) atoms. The quantitative estimate of drug-likeness (QED) is 0.789. The Hall–Kier alpha value is -1.62. The Balaban J connectivity index is 2.13. The van der Waals surface area contributed by atoms with E-state index < -0.39 is 0 Å². The van der Waals surface area contributed by atoms with Gasteiger partial charge in [0.1, 0.15) is 5.75 Å². The maximum atomic E-state index is 12.3. The smallest absolute Gasteiger partial charge is 0.257 e. The predicted octanol–water partition coefficient (Wildman–Crippen LogP) is 0.741. The van der Waals surface area contributed by atoms with Crippen LogP contribution in [0.2, 0.25) is 0 Å². The summed E-state index contributed by atoms with van der Waals surface area (Å²) in [5.41, 5.74) is 5.79. The standard InChI is InChI=1S/C12H17N3O2/c13-5-1-7-15(9-2-3-9)12(17)10-4-6-14-8-11(10)16/h4,6,8-9,16H,1-3,5,7,13H2. The number of hydrogen-bond acceptors (Lipinski definition) is 4. The molecule has 0 saturated heterocycles. The Kier molecular flexibility index (Phi) is 3.58. The van der Waals surface area contributed by atoms with Crippen LogP contribution in [0.1, 0.15) is 29.6 Å². The van der Waals surface area contributed by atoms with Crippen LogP contribution in [-0.4, -0.2) is 40.0 Å². The molecule has 0 unspecified atom stereocenters. The molecule has 1 fully saturated rings. The van der Waals surface area contributed by atoms with E-state index in [1.165, 1.54) is 12.4 Å². The van der Waals surface area contributed by atoms with Gasteiger partial charge in [-0.15, -0.1) is 0 Å². The van der Waals surface area contributed by atoms with E-state index in [1.807, 2.05) is 4.90 Å². The summed E-state index contributed by atoms with van der Waals surface area (Å²) in [5.74, 6) is -0.184. The zero-order chi connectivity index (χ0) is 12.3. The van der Waals surface area contributed by atoms with Gasteiger partial charge in [-0.2, -0.15) is 0 Å². The van der Waals surface area contributed by atoms with Gasteiger partial charge in [-0.1, -0.05) is 0 Å². The molecule has 92 valence electrons. The van der Waals surface area contributed by atoms with Crippen LogP contribution < -0.4 is 5.73 Å². The van der Waals surface area contributed by atoms with Gasteiger partial charge >= 0.3 is 0 Å². The monoisotopic (exact) mass is 235 g/mol. The summed E-state index contributed by atoms with van der Waals surface area (Å²) in [7, 11) is 0. The maximum Gasteiger partial charge on any atom is 0.257 e. The Bertz CT molecular complexity index is 404. The van der Waals surface area contributed by atoms with Gasteiger partial charge in [-0.25, -0.2) is 0 Å². The molecular weight excluding hydrogens is 218 g/mol. The Morgan fingerprint density at radius 2 is 2.35 bits per heavy atom. The SMILES string of the molecule is NCCCN(C(=O)c1ccncc1O)C1CC1. The van der Waals surface area contributed by atoms with Crippen LogP contribution >= 0.6 is 0 Å². The second-order valence-electron chi connectivity index (χ2n) is 4.26. The molecule has 0 radical (unpaired) electrons. The summed E-state index contributed by atoms with van der Waals surface area (Å²) >= 11 is 0. The van der Waals surface area contributed by atoms with Crippen molar-refractivity contribution in [1.82, 2.24) is 9.88 Å². The molecular formula is C12H17N3O2. The van der Waals surface area contributed by atoms with E-state index in [2.05, 4.69) is 4.98 Å². The number of carbonyl (C=O) groups is 1. The van der Waals surface area contributed by atoms with Crippen LogP contribution in [0.3, 0.4) is 0 Å². The van der Waals surface area contributed by atoms with Gasteiger partial charge in [0.05, 0.1) is 11.8 Å². The highest BCUT2D eigenvalue weighted by Crippen LogP contribution is 2.29. The molecule has 1 aromatic heterocycles. The Morgan fingerprint density at radius 3 is 2.94 bits per heavy atom. The third-order valence-electron chi connectivity index (χ3n) is 2.88. The lowest BCUT2D eigenvalue weighted by Crippen LogP contribution is -2.35. The highest BCUT2D eigenvalue weighted by molar-refractivity contribution is 5.97. The Labute approximate surface area is 100 Å². The Morgan fingerprint density at radius 1 is 1.59 bits per heavy atom. The largest absolute Gasteiger partial charge is 0.505 e. The topological polar surface area (TPSA) is 79.5 Å². The van der Waals surface area contributed by atoms with E-state index in [0.29, 0.717) is 24.7 Å². The third kappa shape index (κ3) is 2.74. The number of nitrogens with two attached hydrogens (primary N) is 1. The number of hydrogen-bond donors (Lipinski definition) is 2. The number of nitrogens with zero attached hydrogens (tertiary/aromatic N) is 2. The van der Waals surface area contributed by atoms with E-state index in [9.17, 15) is 9.90 Å². The first-order valence-corrected chi connectivity index (χ1v) is 5.88. The van der Waals surface area contributed by atoms with Crippen molar-refractivity contribution in [3.05, 3.63) is 24.0 Å². The van der Waals surface area contributed by atoms with Crippen LogP contribution in [0.5, 0.6) is 5.75 Å². The second-order valence-corrected chi connectivity index (χ2v) is 4.26. The molecule has 1 aromatic rings. The second kappa shape index (κ2) is 5.14. The first-order valence-electron chi connectivity index (χ1n) is 5.88. The van der Waals surface area contributed by atoms with Gasteiger partial charge in [-0.3, -0.25) is 9.78 Å². The van der Waals surface area contributed by atoms with Gasteiger partial charge in [0, 0.05) is 18.8 Å². The van der Waals surface area contributed by atoms with Crippen molar-refractivity contribution in [3.8, 4) is 5.75 Å². The number of pyridine rings is 1. The van der Waals surface area contributed by atoms with Crippen molar-refractivity contribution in [2.24, 2.45) is 5.73 Å². The molecule has 0 aliphatic heterocycles. The zero-order valence-electron chi connectivity index (χ0n) is 9.67. The van der Waals surface area contributed by atoms with E-state index in [0.717, 1.165) is 19.3 Å². The van der Waals surface area contributed by atoms with Gasteiger partial charge < -0.3 is 15.7 Å². The van der Waals surface area contributed by atoms with Crippen LogP contribution in [0, 0.1) is 0 Å². The molecule has 1 saturated carbocycles. The molecule has 0 aromatic carbocycles. The van der Waals surface area contributed by atoms with Crippen molar-refractivity contribution < 1.29 is 9.90 Å². The molecule has 1 heterocycles. The lowest BCUT2D eigenvalue weighted by atomic mass is 10.2. The van der Waals surface area contributed by atoms with Crippen molar-refractivity contribution in [2.45, 2.75) is 25.3 Å². The molecule has 1 aliphatic rings. The molecule has 5 nitrogen and oxygen atoms in total. The number of carbonyl (C=O) groups excluding carboxylic acids is 1. The normalized spacial score (nSPS) is 14.6. The minimum Gasteiger partial charge on any atom is -0.505 e. The molecule has 3 N–H and O–H groups in total. The van der Waals surface area contributed by atoms with E-state index in [-0.39, 0.29) is 11.7 Å². The summed E-state index contributed by atoms with van der Waals surface area (Å²) in [5, 5.41) is 9.62. The fourth-order valence-electron chi connectivity index (χ4n) is 1.82. The number of aromatic hydroxyl groups is 1. The zero-order valence-corrected chi connectivity index (χ0v) is 9.67. The molecule has 0 bridgehead atoms. The first-order chi connectivity index (χ1) is 8.24. The molecule has 0 atom stereocenters. The lowest BCUT2D eigenvalue weighted by Gasteiger charge is -2.22. The van der Waals surface area contributed by atoms with E-state index in [4.69, 9.17) is 5.73 Å². The minimum absolute atomic E-state index is 0.0594. The fourth-order valence-corrected chi connectivity index (χ4v) is 1.82. The van der Waals surface area contributed by atoms with Gasteiger partial charge in [0.15, 0.2) is 0 Å². The van der Waals surface area contributed by atoms with E-state index in [1.54, 1.807) is 6.07 Å². The average molecular weight is 235 g/mol. The van der Waals surface area contributed by atoms with Gasteiger partial charge in [0.2, 0.25) is 0 Å². The summed E-state index contributed by atoms with van der Waals surface area (Å²) < 4.78 is 0. The summed E-state index contributed by atoms with van der Waals surface area (Å²) in [6.45, 7) is 1.22. The minimum atomic E-state index is -0.124. The summed E-state index contributed by atoms with van der Waals surface area (Å²) in [6, 6.07) is 1.87. The van der Waals surface area contributed by atoms with Gasteiger partial charge in [-0.05, 0) is 31.9 Å². The highest BCUT2D eigenvalue weighted by Gasteiger charge is 2.33. The van der Waals surface area contributed by atoms with Crippen molar-refractivity contribution in [1.29, 1.82) is 0 Å². The highest BCUT2D eigenvalue weighted by atomic mass is 16.3. The number of rotatable bonds is 5. The number of amides is 1. The van der Waals surface area contributed by atoms with Crippen LogP contribution in [0.25, 0.3) is 0 Å². The van der Waals surface area contributed by atoms with Crippen LogP contribution in [0.15, 0.2) is 18.5 Å². The fraction of sp³-hybridized carbons (Fsp3) is 0.500. The van der Waals surface area contributed by atoms with Crippen molar-refractivity contribution in [3.63, 3.8) is 0 Å². The maximum absolute atomic E-state index is 12.3. The average Bonchev–Trinajstić information content (AvgIpc) is 3.14. The van der Waals surface area contributed by atoms with Crippen molar-refractivity contribution in [2.75, 3.05) is 13.1 Å². The van der Waals surface area contributed by atoms with Crippen molar-refractivity contribution >= 4 is 5.91 Å². The molecule has 5 heteroatoms.